The molecule has 7 heteroatoms. The van der Waals surface area contributed by atoms with Crippen LogP contribution in [-0.2, 0) is 33.4 Å². The van der Waals surface area contributed by atoms with Crippen LogP contribution in [0.5, 0.6) is 0 Å². The maximum atomic E-state index is 13.9. The first kappa shape index (κ1) is 24.9. The molecule has 0 radical (unpaired) electrons. The summed E-state index contributed by atoms with van der Waals surface area (Å²) in [5.41, 5.74) is -2.22. The normalized spacial score (nSPS) is 47.6. The van der Waals surface area contributed by atoms with Crippen molar-refractivity contribution in [2.24, 2.45) is 34.5 Å². The summed E-state index contributed by atoms with van der Waals surface area (Å²) < 4.78 is 18.1. The second-order valence-corrected chi connectivity index (χ2v) is 12.3. The van der Waals surface area contributed by atoms with E-state index in [1.54, 1.807) is 13.8 Å². The predicted octanol–water partition coefficient (Wildman–Crippen LogP) is 4.19. The molecule has 1 aliphatic heterocycles. The molecule has 7 nitrogen and oxygen atoms in total. The molecule has 4 aliphatic carbocycles. The Labute approximate surface area is 208 Å². The molecule has 1 spiro atoms. The van der Waals surface area contributed by atoms with Gasteiger partial charge in [0.05, 0.1) is 6.10 Å². The highest BCUT2D eigenvalue weighted by Crippen LogP contribution is 2.77. The van der Waals surface area contributed by atoms with Gasteiger partial charge >= 0.3 is 11.9 Å². The summed E-state index contributed by atoms with van der Waals surface area (Å²) in [6.07, 6.45) is 5.86. The van der Waals surface area contributed by atoms with E-state index in [1.165, 1.54) is 0 Å². The molecule has 5 aliphatic rings. The van der Waals surface area contributed by atoms with Crippen molar-refractivity contribution in [2.45, 2.75) is 110 Å². The molecule has 0 amide bonds. The number of carbonyl (C=O) groups excluding carboxylic acids is 4. The number of Topliss-reactive ketones (excluding diaryl/α,β-unsaturated/α-hetero) is 2. The SMILES string of the molecule is CCC(=O)OCC(=O)[C@@]1(OC(=O)CC)[C@@H](C)C[C@H]2[C@@H]3CC[C@H]4CC(=O)CC[C@]4(C)[C@]34OC4C[C@@]21C. The van der Waals surface area contributed by atoms with Crippen LogP contribution in [0.15, 0.2) is 0 Å². The smallest absolute Gasteiger partial charge is 0.306 e. The van der Waals surface area contributed by atoms with Crippen LogP contribution in [0.3, 0.4) is 0 Å². The fourth-order valence-electron chi connectivity index (χ4n) is 9.30. The van der Waals surface area contributed by atoms with Crippen molar-refractivity contribution >= 4 is 23.5 Å². The Morgan fingerprint density at radius 2 is 1.74 bits per heavy atom. The molecule has 1 unspecified atom stereocenters. The molecule has 0 aromatic carbocycles. The molecule has 0 N–H and O–H groups in total. The topological polar surface area (TPSA) is 99.3 Å². The maximum absolute atomic E-state index is 13.9. The van der Waals surface area contributed by atoms with E-state index in [1.807, 2.05) is 6.92 Å². The van der Waals surface area contributed by atoms with Crippen molar-refractivity contribution < 1.29 is 33.4 Å². The summed E-state index contributed by atoms with van der Waals surface area (Å²) in [6, 6.07) is 0. The number of epoxide rings is 1. The zero-order valence-corrected chi connectivity index (χ0v) is 21.8. The fourth-order valence-corrected chi connectivity index (χ4v) is 9.30. The molecule has 1 heterocycles. The molecular weight excluding hydrogens is 448 g/mol. The Hall–Kier alpha value is -1.76. The average molecular weight is 489 g/mol. The molecule has 194 valence electrons. The third-order valence-electron chi connectivity index (χ3n) is 11.0. The van der Waals surface area contributed by atoms with Gasteiger partial charge in [0.15, 0.2) is 12.2 Å². The van der Waals surface area contributed by atoms with E-state index in [0.717, 1.165) is 25.7 Å². The average Bonchev–Trinajstić information content (AvgIpc) is 3.50. The molecule has 35 heavy (non-hydrogen) atoms. The minimum absolute atomic E-state index is 0.00857. The molecule has 5 fully saturated rings. The Balaban J connectivity index is 1.52. The number of ketones is 2. The minimum Gasteiger partial charge on any atom is -0.457 e. The van der Waals surface area contributed by atoms with Gasteiger partial charge in [0.1, 0.15) is 11.4 Å². The van der Waals surface area contributed by atoms with Crippen LogP contribution in [0.25, 0.3) is 0 Å². The Morgan fingerprint density at radius 3 is 2.43 bits per heavy atom. The standard InChI is InChI=1S/C28H40O7/c1-6-23(31)33-15-21(30)27(35-24(32)7-2)16(3)12-20-19-9-8-17-13-18(29)10-11-25(17,4)28(19)22(34-28)14-26(20,27)5/h16-17,19-20,22H,6-15H2,1-5H3/t16-,17-,19-,20-,22?,25-,26-,27-,28-/m0/s1. The summed E-state index contributed by atoms with van der Waals surface area (Å²) in [7, 11) is 0. The summed E-state index contributed by atoms with van der Waals surface area (Å²) >= 11 is 0. The molecular formula is C28H40O7. The minimum atomic E-state index is -1.34. The van der Waals surface area contributed by atoms with Gasteiger partial charge in [-0.1, -0.05) is 34.6 Å². The number of rotatable bonds is 6. The largest absolute Gasteiger partial charge is 0.457 e. The van der Waals surface area contributed by atoms with E-state index < -0.39 is 23.0 Å². The van der Waals surface area contributed by atoms with Crippen LogP contribution in [-0.4, -0.2) is 47.4 Å². The van der Waals surface area contributed by atoms with Crippen LogP contribution in [0.4, 0.5) is 0 Å². The quantitative estimate of drug-likeness (QED) is 0.408. The molecule has 1 saturated heterocycles. The number of ether oxygens (including phenoxy) is 3. The van der Waals surface area contributed by atoms with Crippen LogP contribution in [0.2, 0.25) is 0 Å². The number of carbonyl (C=O) groups is 4. The van der Waals surface area contributed by atoms with Gasteiger partial charge in [-0.3, -0.25) is 19.2 Å². The zero-order chi connectivity index (χ0) is 25.4. The second kappa shape index (κ2) is 8.12. The van der Waals surface area contributed by atoms with Crippen LogP contribution in [0.1, 0.15) is 92.4 Å². The Kier molecular flexibility index (Phi) is 5.78. The summed E-state index contributed by atoms with van der Waals surface area (Å²) in [6.45, 7) is 9.50. The molecule has 0 aromatic heterocycles. The van der Waals surface area contributed by atoms with E-state index >= 15 is 0 Å². The first-order valence-corrected chi connectivity index (χ1v) is 13.6. The van der Waals surface area contributed by atoms with Crippen molar-refractivity contribution in [3.05, 3.63) is 0 Å². The Bertz CT molecular complexity index is 959. The number of fused-ring (bicyclic) bond motifs is 3. The Morgan fingerprint density at radius 1 is 1.03 bits per heavy atom. The lowest BCUT2D eigenvalue weighted by Crippen LogP contribution is -2.65. The van der Waals surface area contributed by atoms with Gasteiger partial charge in [-0.25, -0.2) is 0 Å². The fraction of sp³-hybridized carbons (Fsp3) is 0.857. The van der Waals surface area contributed by atoms with Crippen molar-refractivity contribution in [1.82, 2.24) is 0 Å². The molecule has 5 rings (SSSR count). The first-order chi connectivity index (χ1) is 16.5. The van der Waals surface area contributed by atoms with E-state index in [9.17, 15) is 19.2 Å². The third-order valence-corrected chi connectivity index (χ3v) is 11.0. The number of hydrogen-bond donors (Lipinski definition) is 0. The molecule has 4 saturated carbocycles. The van der Waals surface area contributed by atoms with E-state index in [0.29, 0.717) is 31.0 Å². The highest BCUT2D eigenvalue weighted by molar-refractivity contribution is 5.93. The second-order valence-electron chi connectivity index (χ2n) is 12.3. The van der Waals surface area contributed by atoms with Gasteiger partial charge in [-0.05, 0) is 49.9 Å². The van der Waals surface area contributed by atoms with Crippen molar-refractivity contribution in [1.29, 1.82) is 0 Å². The molecule has 0 bridgehead atoms. The van der Waals surface area contributed by atoms with Gasteiger partial charge < -0.3 is 14.2 Å². The predicted molar refractivity (Wildman–Crippen MR) is 126 cm³/mol. The van der Waals surface area contributed by atoms with E-state index in [-0.39, 0.29) is 60.1 Å². The van der Waals surface area contributed by atoms with Gasteiger partial charge in [0.2, 0.25) is 5.78 Å². The number of esters is 2. The summed E-state index contributed by atoms with van der Waals surface area (Å²) in [4.78, 5) is 50.8. The summed E-state index contributed by atoms with van der Waals surface area (Å²) in [5, 5.41) is 0. The first-order valence-electron chi connectivity index (χ1n) is 13.6. The molecule has 9 atom stereocenters. The third kappa shape index (κ3) is 3.12. The van der Waals surface area contributed by atoms with Crippen LogP contribution in [0, 0.1) is 34.5 Å². The highest BCUT2D eigenvalue weighted by Gasteiger charge is 2.83. The van der Waals surface area contributed by atoms with E-state index in [2.05, 4.69) is 13.8 Å². The van der Waals surface area contributed by atoms with Crippen LogP contribution < -0.4 is 0 Å². The lowest BCUT2D eigenvalue weighted by atomic mass is 9.44. The van der Waals surface area contributed by atoms with Gasteiger partial charge in [0, 0.05) is 42.4 Å². The molecule has 0 aromatic rings. The monoisotopic (exact) mass is 488 g/mol. The van der Waals surface area contributed by atoms with Crippen LogP contribution >= 0.6 is 0 Å². The van der Waals surface area contributed by atoms with Crippen molar-refractivity contribution in [3.8, 4) is 0 Å². The van der Waals surface area contributed by atoms with Gasteiger partial charge in [-0.15, -0.1) is 0 Å². The van der Waals surface area contributed by atoms with Gasteiger partial charge in [-0.2, -0.15) is 0 Å². The highest BCUT2D eigenvalue weighted by atomic mass is 16.6. The lowest BCUT2D eigenvalue weighted by Gasteiger charge is -2.59. The summed E-state index contributed by atoms with van der Waals surface area (Å²) in [5.74, 6) is -0.196. The van der Waals surface area contributed by atoms with Crippen molar-refractivity contribution in [3.63, 3.8) is 0 Å². The zero-order valence-electron chi connectivity index (χ0n) is 21.8. The maximum Gasteiger partial charge on any atom is 0.306 e. The lowest BCUT2D eigenvalue weighted by molar-refractivity contribution is -0.196. The van der Waals surface area contributed by atoms with Gasteiger partial charge in [0.25, 0.3) is 0 Å². The van der Waals surface area contributed by atoms with E-state index in [4.69, 9.17) is 14.2 Å². The number of hydrogen-bond acceptors (Lipinski definition) is 7. The van der Waals surface area contributed by atoms with Crippen molar-refractivity contribution in [2.75, 3.05) is 6.61 Å².